The number of benzene rings is 1. The maximum atomic E-state index is 4.22. The lowest BCUT2D eigenvalue weighted by Gasteiger charge is -2.19. The van der Waals surface area contributed by atoms with Gasteiger partial charge in [0.15, 0.2) is 0 Å². The van der Waals surface area contributed by atoms with Crippen molar-refractivity contribution in [3.8, 4) is 0 Å². The minimum atomic E-state index is -0.0174. The van der Waals surface area contributed by atoms with E-state index in [1.165, 1.54) is 11.1 Å². The Morgan fingerprint density at radius 1 is 1.07 bits per heavy atom. The van der Waals surface area contributed by atoms with Crippen molar-refractivity contribution in [2.75, 3.05) is 0 Å². The predicted molar refractivity (Wildman–Crippen MR) is 62.0 cm³/mol. The highest BCUT2D eigenvalue weighted by molar-refractivity contribution is 5.76. The zero-order valence-corrected chi connectivity index (χ0v) is 10.00. The summed E-state index contributed by atoms with van der Waals surface area (Å²) >= 11 is 0. The van der Waals surface area contributed by atoms with E-state index >= 15 is 0 Å². The van der Waals surface area contributed by atoms with Crippen molar-refractivity contribution in [2.24, 2.45) is 0 Å². The van der Waals surface area contributed by atoms with Gasteiger partial charge in [-0.15, -0.1) is 5.10 Å². The molecular weight excluding hydrogens is 186 g/mol. The predicted octanol–water partition coefficient (Wildman–Crippen LogP) is 2.80. The number of aryl methyl sites for hydroxylation is 2. The van der Waals surface area contributed by atoms with Crippen molar-refractivity contribution in [3.05, 3.63) is 23.3 Å². The van der Waals surface area contributed by atoms with Crippen LogP contribution < -0.4 is 0 Å². The van der Waals surface area contributed by atoms with Gasteiger partial charge in [-0.3, -0.25) is 0 Å². The van der Waals surface area contributed by atoms with Crippen molar-refractivity contribution < 1.29 is 0 Å². The van der Waals surface area contributed by atoms with E-state index in [1.807, 2.05) is 4.68 Å². The molecule has 0 saturated carbocycles. The van der Waals surface area contributed by atoms with Crippen LogP contribution in [0.15, 0.2) is 12.1 Å². The van der Waals surface area contributed by atoms with E-state index in [1.54, 1.807) is 0 Å². The van der Waals surface area contributed by atoms with Gasteiger partial charge in [-0.25, -0.2) is 4.68 Å². The van der Waals surface area contributed by atoms with E-state index < -0.39 is 0 Å². The van der Waals surface area contributed by atoms with E-state index in [4.69, 9.17) is 0 Å². The lowest BCUT2D eigenvalue weighted by atomic mass is 10.1. The second kappa shape index (κ2) is 3.05. The minimum absolute atomic E-state index is 0.0174. The van der Waals surface area contributed by atoms with Crippen molar-refractivity contribution in [1.29, 1.82) is 0 Å². The highest BCUT2D eigenvalue weighted by Gasteiger charge is 2.18. The first-order valence-corrected chi connectivity index (χ1v) is 5.23. The van der Waals surface area contributed by atoms with E-state index in [0.717, 1.165) is 11.0 Å². The van der Waals surface area contributed by atoms with E-state index in [-0.39, 0.29) is 5.54 Å². The molecule has 3 nitrogen and oxygen atoms in total. The Kier molecular flexibility index (Phi) is 2.07. The Morgan fingerprint density at radius 2 is 1.67 bits per heavy atom. The SMILES string of the molecule is Cc1cc2nnn(C(C)(C)C)c2cc1C. The van der Waals surface area contributed by atoms with Crippen molar-refractivity contribution in [3.63, 3.8) is 0 Å². The first-order chi connectivity index (χ1) is 6.89. The van der Waals surface area contributed by atoms with Crippen LogP contribution in [0.5, 0.6) is 0 Å². The Balaban J connectivity index is 2.75. The fourth-order valence-corrected chi connectivity index (χ4v) is 1.67. The summed E-state index contributed by atoms with van der Waals surface area (Å²) in [6.07, 6.45) is 0. The number of nitrogens with zero attached hydrogens (tertiary/aromatic N) is 3. The molecule has 0 fully saturated rings. The van der Waals surface area contributed by atoms with E-state index in [2.05, 4.69) is 57.1 Å². The molecule has 1 aromatic carbocycles. The fraction of sp³-hybridized carbons (Fsp3) is 0.500. The molecule has 0 aliphatic rings. The van der Waals surface area contributed by atoms with Crippen molar-refractivity contribution in [2.45, 2.75) is 40.2 Å². The summed E-state index contributed by atoms with van der Waals surface area (Å²) in [6.45, 7) is 10.6. The molecule has 0 radical (unpaired) electrons. The summed E-state index contributed by atoms with van der Waals surface area (Å²) in [5.41, 5.74) is 4.63. The van der Waals surface area contributed by atoms with Crippen LogP contribution in [0.3, 0.4) is 0 Å². The molecule has 0 atom stereocenters. The molecule has 3 heteroatoms. The summed E-state index contributed by atoms with van der Waals surface area (Å²) in [4.78, 5) is 0. The molecule has 0 amide bonds. The van der Waals surface area contributed by atoms with E-state index in [0.29, 0.717) is 0 Å². The summed E-state index contributed by atoms with van der Waals surface area (Å²) in [6, 6.07) is 4.26. The standard InChI is InChI=1S/C12H17N3/c1-8-6-10-11(7-9(8)2)15(14-13-10)12(3,4)5/h6-7H,1-5H3. The highest BCUT2D eigenvalue weighted by atomic mass is 15.4. The first kappa shape index (κ1) is 10.1. The van der Waals surface area contributed by atoms with Crippen LogP contribution in [0.1, 0.15) is 31.9 Å². The van der Waals surface area contributed by atoms with Gasteiger partial charge in [-0.2, -0.15) is 0 Å². The van der Waals surface area contributed by atoms with Crippen molar-refractivity contribution in [1.82, 2.24) is 15.0 Å². The third-order valence-corrected chi connectivity index (χ3v) is 2.70. The van der Waals surface area contributed by atoms with Crippen molar-refractivity contribution >= 4 is 11.0 Å². The highest BCUT2D eigenvalue weighted by Crippen LogP contribution is 2.22. The Morgan fingerprint density at radius 3 is 2.27 bits per heavy atom. The van der Waals surface area contributed by atoms with Gasteiger partial charge in [0.25, 0.3) is 0 Å². The average molecular weight is 203 g/mol. The average Bonchev–Trinajstić information content (AvgIpc) is 2.47. The Bertz CT molecular complexity index is 503. The Hall–Kier alpha value is -1.38. The first-order valence-electron chi connectivity index (χ1n) is 5.23. The molecule has 2 rings (SSSR count). The number of hydrogen-bond acceptors (Lipinski definition) is 2. The van der Waals surface area contributed by atoms with Crippen LogP contribution in [-0.2, 0) is 5.54 Å². The van der Waals surface area contributed by atoms with Gasteiger partial charge in [-0.05, 0) is 57.9 Å². The van der Waals surface area contributed by atoms with Gasteiger partial charge in [0.05, 0.1) is 11.1 Å². The largest absolute Gasteiger partial charge is 0.239 e. The maximum Gasteiger partial charge on any atom is 0.113 e. The van der Waals surface area contributed by atoms with Crippen LogP contribution >= 0.6 is 0 Å². The number of fused-ring (bicyclic) bond motifs is 1. The summed E-state index contributed by atoms with van der Waals surface area (Å²) in [7, 11) is 0. The minimum Gasteiger partial charge on any atom is -0.239 e. The van der Waals surface area contributed by atoms with Gasteiger partial charge in [0, 0.05) is 0 Å². The molecule has 0 N–H and O–H groups in total. The van der Waals surface area contributed by atoms with Gasteiger partial charge in [0.2, 0.25) is 0 Å². The van der Waals surface area contributed by atoms with E-state index in [9.17, 15) is 0 Å². The monoisotopic (exact) mass is 203 g/mol. The third-order valence-electron chi connectivity index (χ3n) is 2.70. The van der Waals surface area contributed by atoms with Crippen LogP contribution in [0.2, 0.25) is 0 Å². The molecule has 15 heavy (non-hydrogen) atoms. The summed E-state index contributed by atoms with van der Waals surface area (Å²) < 4.78 is 1.98. The quantitative estimate of drug-likeness (QED) is 0.659. The summed E-state index contributed by atoms with van der Waals surface area (Å²) in [5, 5.41) is 8.42. The zero-order valence-electron chi connectivity index (χ0n) is 10.00. The smallest absolute Gasteiger partial charge is 0.113 e. The molecule has 0 spiro atoms. The summed E-state index contributed by atoms with van der Waals surface area (Å²) in [5.74, 6) is 0. The topological polar surface area (TPSA) is 30.7 Å². The van der Waals surface area contributed by atoms with Crippen LogP contribution in [-0.4, -0.2) is 15.0 Å². The molecule has 0 aliphatic heterocycles. The third kappa shape index (κ3) is 1.62. The molecule has 1 aromatic heterocycles. The van der Waals surface area contributed by atoms with Crippen LogP contribution in [0.25, 0.3) is 11.0 Å². The molecule has 0 saturated heterocycles. The second-order valence-electron chi connectivity index (χ2n) is 5.10. The number of aromatic nitrogens is 3. The lowest BCUT2D eigenvalue weighted by molar-refractivity contribution is 0.358. The Labute approximate surface area is 90.1 Å². The van der Waals surface area contributed by atoms with Crippen LogP contribution in [0, 0.1) is 13.8 Å². The molecular formula is C12H17N3. The molecule has 0 aliphatic carbocycles. The maximum absolute atomic E-state index is 4.22. The molecule has 80 valence electrons. The fourth-order valence-electron chi connectivity index (χ4n) is 1.67. The van der Waals surface area contributed by atoms with Gasteiger partial charge in [0.1, 0.15) is 5.52 Å². The lowest BCUT2D eigenvalue weighted by Crippen LogP contribution is -2.23. The van der Waals surface area contributed by atoms with Crippen LogP contribution in [0.4, 0.5) is 0 Å². The molecule has 1 heterocycles. The molecule has 0 bridgehead atoms. The normalized spacial score (nSPS) is 12.3. The number of rotatable bonds is 0. The molecule has 0 unspecified atom stereocenters. The van der Waals surface area contributed by atoms with Gasteiger partial charge < -0.3 is 0 Å². The zero-order chi connectivity index (χ0) is 11.2. The van der Waals surface area contributed by atoms with Gasteiger partial charge in [-0.1, -0.05) is 5.21 Å². The second-order valence-corrected chi connectivity index (χ2v) is 5.10. The molecule has 2 aromatic rings. The van der Waals surface area contributed by atoms with Gasteiger partial charge >= 0.3 is 0 Å². The number of hydrogen-bond donors (Lipinski definition) is 0.